The summed E-state index contributed by atoms with van der Waals surface area (Å²) in [6.45, 7) is 2.61. The first-order chi connectivity index (χ1) is 7.09. The quantitative estimate of drug-likeness (QED) is 0.816. The fourth-order valence-corrected chi connectivity index (χ4v) is 1.99. The van der Waals surface area contributed by atoms with Crippen LogP contribution in [0.3, 0.4) is 0 Å². The highest BCUT2D eigenvalue weighted by atomic mass is 19.3. The van der Waals surface area contributed by atoms with E-state index in [-0.39, 0.29) is 11.7 Å². The summed E-state index contributed by atoms with van der Waals surface area (Å²) in [5.41, 5.74) is 0.0104. The maximum Gasteiger partial charge on any atom is 0.286 e. The van der Waals surface area contributed by atoms with Gasteiger partial charge in [0.15, 0.2) is 0 Å². The first-order valence-corrected chi connectivity index (χ1v) is 5.21. The molecule has 0 aromatic carbocycles. The van der Waals surface area contributed by atoms with E-state index < -0.39 is 5.92 Å². The van der Waals surface area contributed by atoms with Gasteiger partial charge in [0.1, 0.15) is 5.69 Å². The van der Waals surface area contributed by atoms with Crippen LogP contribution in [0.5, 0.6) is 0 Å². The molecule has 0 saturated carbocycles. The molecule has 0 radical (unpaired) electrons. The highest BCUT2D eigenvalue weighted by Gasteiger charge is 2.31. The molecule has 0 spiro atoms. The summed E-state index contributed by atoms with van der Waals surface area (Å²) in [6.07, 6.45) is 3.37. The lowest BCUT2D eigenvalue weighted by Crippen LogP contribution is -2.34. The first kappa shape index (κ1) is 10.5. The van der Waals surface area contributed by atoms with Crippen molar-refractivity contribution in [3.63, 3.8) is 0 Å². The van der Waals surface area contributed by atoms with Gasteiger partial charge in [-0.05, 0) is 25.5 Å². The second-order valence-electron chi connectivity index (χ2n) is 4.05. The lowest BCUT2D eigenvalue weighted by atomic mass is 10.1. The second-order valence-corrected chi connectivity index (χ2v) is 4.05. The zero-order chi connectivity index (χ0) is 10.9. The van der Waals surface area contributed by atoms with E-state index in [0.29, 0.717) is 0 Å². The van der Waals surface area contributed by atoms with Gasteiger partial charge >= 0.3 is 0 Å². The van der Waals surface area contributed by atoms with Crippen molar-refractivity contribution < 1.29 is 8.78 Å². The van der Waals surface area contributed by atoms with Crippen LogP contribution in [0.15, 0.2) is 12.3 Å². The van der Waals surface area contributed by atoms with Crippen molar-refractivity contribution >= 4 is 0 Å². The van der Waals surface area contributed by atoms with E-state index in [1.165, 1.54) is 16.9 Å². The largest absolute Gasteiger partial charge is 0.315 e. The summed E-state index contributed by atoms with van der Waals surface area (Å²) in [5, 5.41) is 7.20. The summed E-state index contributed by atoms with van der Waals surface area (Å²) < 4.78 is 27.9. The summed E-state index contributed by atoms with van der Waals surface area (Å²) in [7, 11) is 0. The van der Waals surface area contributed by atoms with Gasteiger partial charge in [-0.25, -0.2) is 0 Å². The predicted molar refractivity (Wildman–Crippen MR) is 52.9 cm³/mol. The Labute approximate surface area is 87.5 Å². The van der Waals surface area contributed by atoms with E-state index in [1.807, 2.05) is 0 Å². The number of rotatable bonds is 2. The van der Waals surface area contributed by atoms with Gasteiger partial charge < -0.3 is 5.32 Å². The fourth-order valence-electron chi connectivity index (χ4n) is 1.99. The molecule has 1 saturated heterocycles. The van der Waals surface area contributed by atoms with Gasteiger partial charge in [0.2, 0.25) is 0 Å². The van der Waals surface area contributed by atoms with Crippen LogP contribution in [-0.2, 0) is 5.92 Å². The lowest BCUT2D eigenvalue weighted by Gasteiger charge is -2.26. The van der Waals surface area contributed by atoms with Gasteiger partial charge in [0, 0.05) is 19.7 Å². The van der Waals surface area contributed by atoms with Crippen molar-refractivity contribution in [2.75, 3.05) is 13.1 Å². The molecule has 1 atom stereocenters. The Hall–Kier alpha value is -0.970. The number of alkyl halides is 2. The molecule has 0 aliphatic carbocycles. The highest BCUT2D eigenvalue weighted by Crippen LogP contribution is 2.29. The number of aromatic nitrogens is 2. The molecule has 1 fully saturated rings. The molecular formula is C10H15F2N3. The fraction of sp³-hybridized carbons (Fsp3) is 0.700. The Kier molecular flexibility index (Phi) is 2.73. The number of piperidine rings is 1. The van der Waals surface area contributed by atoms with Crippen LogP contribution in [0.2, 0.25) is 0 Å². The second kappa shape index (κ2) is 3.89. The first-order valence-electron chi connectivity index (χ1n) is 5.21. The van der Waals surface area contributed by atoms with Gasteiger partial charge in [-0.2, -0.15) is 13.9 Å². The average molecular weight is 215 g/mol. The zero-order valence-electron chi connectivity index (χ0n) is 8.71. The van der Waals surface area contributed by atoms with Crippen LogP contribution in [0.25, 0.3) is 0 Å². The molecular weight excluding hydrogens is 200 g/mol. The number of halogens is 2. The van der Waals surface area contributed by atoms with E-state index in [9.17, 15) is 8.78 Å². The summed E-state index contributed by atoms with van der Waals surface area (Å²) >= 11 is 0. The van der Waals surface area contributed by atoms with E-state index in [4.69, 9.17) is 0 Å². The smallest absolute Gasteiger partial charge is 0.286 e. The van der Waals surface area contributed by atoms with Crippen LogP contribution < -0.4 is 5.32 Å². The summed E-state index contributed by atoms with van der Waals surface area (Å²) in [6, 6.07) is 1.46. The van der Waals surface area contributed by atoms with E-state index in [1.54, 1.807) is 0 Å². The van der Waals surface area contributed by atoms with E-state index >= 15 is 0 Å². The maximum atomic E-state index is 13.2. The van der Waals surface area contributed by atoms with Gasteiger partial charge in [-0.3, -0.25) is 4.68 Å². The van der Waals surface area contributed by atoms with Crippen LogP contribution >= 0.6 is 0 Å². The summed E-state index contributed by atoms with van der Waals surface area (Å²) in [5.74, 6) is -2.81. The number of hydrogen-bond acceptors (Lipinski definition) is 2. The molecule has 84 valence electrons. The number of nitrogens with one attached hydrogen (secondary N) is 1. The molecule has 1 aliphatic heterocycles. The molecule has 1 N–H and O–H groups in total. The number of hydrogen-bond donors (Lipinski definition) is 1. The SMILES string of the molecule is CC(F)(F)c1ccnn1C1CCCNC1. The average Bonchev–Trinajstić information content (AvgIpc) is 2.67. The molecule has 0 amide bonds. The zero-order valence-corrected chi connectivity index (χ0v) is 8.71. The highest BCUT2D eigenvalue weighted by molar-refractivity contribution is 5.08. The standard InChI is InChI=1S/C10H15F2N3/c1-10(11,12)9-4-6-14-15(9)8-3-2-5-13-7-8/h4,6,8,13H,2-3,5,7H2,1H3. The molecule has 1 aliphatic rings. The third-order valence-corrected chi connectivity index (χ3v) is 2.74. The molecule has 3 nitrogen and oxygen atoms in total. The Morgan fingerprint density at radius 2 is 2.40 bits per heavy atom. The van der Waals surface area contributed by atoms with Gasteiger partial charge in [-0.1, -0.05) is 0 Å². The topological polar surface area (TPSA) is 29.9 Å². The van der Waals surface area contributed by atoms with Crippen molar-refractivity contribution in [3.8, 4) is 0 Å². The molecule has 1 unspecified atom stereocenters. The van der Waals surface area contributed by atoms with Crippen LogP contribution in [-0.4, -0.2) is 22.9 Å². The van der Waals surface area contributed by atoms with Crippen molar-refractivity contribution in [2.45, 2.75) is 31.7 Å². The molecule has 15 heavy (non-hydrogen) atoms. The van der Waals surface area contributed by atoms with E-state index in [0.717, 1.165) is 32.9 Å². The van der Waals surface area contributed by atoms with Crippen molar-refractivity contribution in [1.29, 1.82) is 0 Å². The summed E-state index contributed by atoms with van der Waals surface area (Å²) in [4.78, 5) is 0. The Bertz CT molecular complexity index is 324. The van der Waals surface area contributed by atoms with Crippen LogP contribution in [0.4, 0.5) is 8.78 Å². The van der Waals surface area contributed by atoms with Gasteiger partial charge in [0.05, 0.1) is 6.04 Å². The third-order valence-electron chi connectivity index (χ3n) is 2.74. The van der Waals surface area contributed by atoms with Gasteiger partial charge in [-0.15, -0.1) is 0 Å². The number of nitrogens with zero attached hydrogens (tertiary/aromatic N) is 2. The van der Waals surface area contributed by atoms with E-state index in [2.05, 4.69) is 10.4 Å². The predicted octanol–water partition coefficient (Wildman–Crippen LogP) is 1.92. The minimum Gasteiger partial charge on any atom is -0.315 e. The van der Waals surface area contributed by atoms with Crippen molar-refractivity contribution in [2.24, 2.45) is 0 Å². The molecule has 2 heterocycles. The minimum absolute atomic E-state index is 0.0104. The Morgan fingerprint density at radius 3 is 3.00 bits per heavy atom. The molecule has 1 aromatic heterocycles. The molecule has 1 aromatic rings. The Balaban J connectivity index is 2.24. The maximum absolute atomic E-state index is 13.2. The Morgan fingerprint density at radius 1 is 1.60 bits per heavy atom. The van der Waals surface area contributed by atoms with Gasteiger partial charge in [0.25, 0.3) is 5.92 Å². The molecule has 2 rings (SSSR count). The van der Waals surface area contributed by atoms with Crippen molar-refractivity contribution in [3.05, 3.63) is 18.0 Å². The normalized spacial score (nSPS) is 23.0. The minimum atomic E-state index is -2.81. The molecule has 0 bridgehead atoms. The third kappa shape index (κ3) is 2.17. The van der Waals surface area contributed by atoms with Crippen LogP contribution in [0, 0.1) is 0 Å². The van der Waals surface area contributed by atoms with Crippen LogP contribution in [0.1, 0.15) is 31.5 Å². The molecule has 5 heteroatoms. The lowest BCUT2D eigenvalue weighted by molar-refractivity contribution is 0.00549. The van der Waals surface area contributed by atoms with Crippen molar-refractivity contribution in [1.82, 2.24) is 15.1 Å². The monoisotopic (exact) mass is 215 g/mol.